The maximum absolute atomic E-state index is 10.8. The normalized spacial score (nSPS) is 11.6. The summed E-state index contributed by atoms with van der Waals surface area (Å²) >= 11 is 0. The van der Waals surface area contributed by atoms with Gasteiger partial charge in [0, 0.05) is 13.6 Å². The third-order valence-corrected chi connectivity index (χ3v) is 4.06. The number of benzene rings is 1. The number of aryl methyl sites for hydroxylation is 2. The standard InChI is InChI=1S/C14H16N6O3S/c1-9-5-11(19-24(21,22)23)4-3-10(9)6-15-13-12-7-18-20(2)14(12)17-8-16-13/h3-5,7-8,19H,6H2,1-2H3,(H,15,16,17)(H,21,22,23). The van der Waals surface area contributed by atoms with E-state index < -0.39 is 10.3 Å². The Labute approximate surface area is 138 Å². The van der Waals surface area contributed by atoms with Crippen molar-refractivity contribution in [3.8, 4) is 0 Å². The molecule has 0 saturated heterocycles. The number of rotatable bonds is 5. The monoisotopic (exact) mass is 348 g/mol. The highest BCUT2D eigenvalue weighted by Crippen LogP contribution is 2.20. The number of anilines is 2. The van der Waals surface area contributed by atoms with E-state index in [1.165, 1.54) is 6.33 Å². The van der Waals surface area contributed by atoms with Crippen molar-refractivity contribution in [1.29, 1.82) is 0 Å². The quantitative estimate of drug-likeness (QED) is 0.597. The van der Waals surface area contributed by atoms with Gasteiger partial charge in [-0.25, -0.2) is 9.97 Å². The van der Waals surface area contributed by atoms with Crippen LogP contribution in [0.5, 0.6) is 0 Å². The van der Waals surface area contributed by atoms with Crippen molar-refractivity contribution in [2.45, 2.75) is 13.5 Å². The molecule has 0 fully saturated rings. The first-order valence-corrected chi connectivity index (χ1v) is 8.49. The lowest BCUT2D eigenvalue weighted by atomic mass is 10.1. The Morgan fingerprint density at radius 2 is 2.08 bits per heavy atom. The zero-order valence-corrected chi connectivity index (χ0v) is 13.9. The molecule has 0 radical (unpaired) electrons. The van der Waals surface area contributed by atoms with Crippen LogP contribution in [0.15, 0.2) is 30.7 Å². The van der Waals surface area contributed by atoms with Gasteiger partial charge in [0.15, 0.2) is 5.65 Å². The fourth-order valence-electron chi connectivity index (χ4n) is 2.39. The van der Waals surface area contributed by atoms with E-state index in [0.717, 1.165) is 22.2 Å². The zero-order valence-electron chi connectivity index (χ0n) is 13.1. The highest BCUT2D eigenvalue weighted by molar-refractivity contribution is 7.87. The smallest absolute Gasteiger partial charge is 0.357 e. The largest absolute Gasteiger partial charge is 0.365 e. The van der Waals surface area contributed by atoms with Gasteiger partial charge in [-0.3, -0.25) is 14.0 Å². The first-order chi connectivity index (χ1) is 11.3. The minimum absolute atomic E-state index is 0.301. The summed E-state index contributed by atoms with van der Waals surface area (Å²) in [6.45, 7) is 2.35. The van der Waals surface area contributed by atoms with Crippen LogP contribution in [-0.2, 0) is 23.9 Å². The number of nitrogens with one attached hydrogen (secondary N) is 2. The summed E-state index contributed by atoms with van der Waals surface area (Å²) in [6, 6.07) is 5.00. The average Bonchev–Trinajstić information content (AvgIpc) is 2.87. The number of hydrogen-bond acceptors (Lipinski definition) is 6. The van der Waals surface area contributed by atoms with Crippen LogP contribution in [-0.4, -0.2) is 32.7 Å². The number of hydrogen-bond donors (Lipinski definition) is 3. The summed E-state index contributed by atoms with van der Waals surface area (Å²) in [6.07, 6.45) is 3.17. The summed E-state index contributed by atoms with van der Waals surface area (Å²) in [7, 11) is -2.47. The molecule has 0 amide bonds. The van der Waals surface area contributed by atoms with E-state index in [4.69, 9.17) is 4.55 Å². The van der Waals surface area contributed by atoms with Crippen LogP contribution in [0.3, 0.4) is 0 Å². The molecule has 3 rings (SSSR count). The lowest BCUT2D eigenvalue weighted by Crippen LogP contribution is -2.11. The molecule has 0 aliphatic heterocycles. The molecule has 126 valence electrons. The van der Waals surface area contributed by atoms with Crippen LogP contribution in [0.4, 0.5) is 11.5 Å². The van der Waals surface area contributed by atoms with Crippen molar-refractivity contribution in [3.63, 3.8) is 0 Å². The molecule has 0 unspecified atom stereocenters. The summed E-state index contributed by atoms with van der Waals surface area (Å²) in [5.41, 5.74) is 2.87. The Hall–Kier alpha value is -2.72. The van der Waals surface area contributed by atoms with Crippen molar-refractivity contribution in [2.24, 2.45) is 7.05 Å². The Balaban J connectivity index is 1.79. The molecule has 0 aliphatic carbocycles. The van der Waals surface area contributed by atoms with Gasteiger partial charge in [0.1, 0.15) is 12.1 Å². The van der Waals surface area contributed by atoms with E-state index >= 15 is 0 Å². The summed E-state index contributed by atoms with van der Waals surface area (Å²) in [5, 5.41) is 8.21. The molecule has 0 aliphatic rings. The molecule has 3 N–H and O–H groups in total. The second-order valence-electron chi connectivity index (χ2n) is 5.30. The van der Waals surface area contributed by atoms with Gasteiger partial charge >= 0.3 is 10.3 Å². The van der Waals surface area contributed by atoms with Crippen molar-refractivity contribution in [3.05, 3.63) is 41.9 Å². The highest BCUT2D eigenvalue weighted by atomic mass is 32.2. The van der Waals surface area contributed by atoms with Gasteiger partial charge in [0.25, 0.3) is 0 Å². The third kappa shape index (κ3) is 3.44. The number of aromatic nitrogens is 4. The topological polar surface area (TPSA) is 122 Å². The fraction of sp³-hybridized carbons (Fsp3) is 0.214. The molecule has 1 aromatic carbocycles. The molecule has 2 aromatic heterocycles. The Kier molecular flexibility index (Phi) is 4.08. The molecule has 2 heterocycles. The van der Waals surface area contributed by atoms with Crippen molar-refractivity contribution in [2.75, 3.05) is 10.0 Å². The van der Waals surface area contributed by atoms with E-state index in [1.807, 2.05) is 18.7 Å². The predicted octanol–water partition coefficient (Wildman–Crippen LogP) is 1.50. The molecule has 0 bridgehead atoms. The fourth-order valence-corrected chi connectivity index (χ4v) is 2.81. The first-order valence-electron chi connectivity index (χ1n) is 7.05. The van der Waals surface area contributed by atoms with E-state index in [-0.39, 0.29) is 0 Å². The predicted molar refractivity (Wildman–Crippen MR) is 90.0 cm³/mol. The summed E-state index contributed by atoms with van der Waals surface area (Å²) < 4.78 is 34.2. The van der Waals surface area contributed by atoms with Crippen LogP contribution in [0.1, 0.15) is 11.1 Å². The highest BCUT2D eigenvalue weighted by Gasteiger charge is 2.09. The molecule has 24 heavy (non-hydrogen) atoms. The Morgan fingerprint density at radius 3 is 2.79 bits per heavy atom. The van der Waals surface area contributed by atoms with E-state index in [0.29, 0.717) is 18.1 Å². The summed E-state index contributed by atoms with van der Waals surface area (Å²) in [4.78, 5) is 8.41. The molecule has 0 saturated carbocycles. The lowest BCUT2D eigenvalue weighted by molar-refractivity contribution is 0.489. The second kappa shape index (κ2) is 6.06. The second-order valence-corrected chi connectivity index (χ2v) is 6.45. The van der Waals surface area contributed by atoms with Gasteiger partial charge in [0.05, 0.1) is 17.3 Å². The molecule has 0 spiro atoms. The zero-order chi connectivity index (χ0) is 17.3. The first kappa shape index (κ1) is 16.1. The van der Waals surface area contributed by atoms with Crippen LogP contribution >= 0.6 is 0 Å². The van der Waals surface area contributed by atoms with Gasteiger partial charge in [-0.1, -0.05) is 6.07 Å². The SMILES string of the molecule is Cc1cc(NS(=O)(=O)O)ccc1CNc1ncnc2c1cnn2C. The van der Waals surface area contributed by atoms with Crippen molar-refractivity contribution >= 4 is 32.8 Å². The maximum atomic E-state index is 10.8. The molecular weight excluding hydrogens is 332 g/mol. The minimum atomic E-state index is -4.28. The third-order valence-electron chi connectivity index (χ3n) is 3.57. The van der Waals surface area contributed by atoms with E-state index in [1.54, 1.807) is 29.1 Å². The van der Waals surface area contributed by atoms with Crippen LogP contribution in [0.25, 0.3) is 11.0 Å². The van der Waals surface area contributed by atoms with Gasteiger partial charge in [-0.15, -0.1) is 0 Å². The van der Waals surface area contributed by atoms with Crippen LogP contribution < -0.4 is 10.0 Å². The Bertz CT molecular complexity index is 999. The molecule has 10 heteroatoms. The minimum Gasteiger partial charge on any atom is -0.365 e. The van der Waals surface area contributed by atoms with Gasteiger partial charge in [0.2, 0.25) is 0 Å². The van der Waals surface area contributed by atoms with E-state index in [9.17, 15) is 8.42 Å². The average molecular weight is 348 g/mol. The van der Waals surface area contributed by atoms with Crippen LogP contribution in [0, 0.1) is 6.92 Å². The van der Waals surface area contributed by atoms with Crippen molar-refractivity contribution < 1.29 is 13.0 Å². The van der Waals surface area contributed by atoms with Gasteiger partial charge in [-0.2, -0.15) is 13.5 Å². The summed E-state index contributed by atoms with van der Waals surface area (Å²) in [5.74, 6) is 0.674. The molecule has 3 aromatic rings. The molecule has 9 nitrogen and oxygen atoms in total. The van der Waals surface area contributed by atoms with Crippen LogP contribution in [0.2, 0.25) is 0 Å². The number of fused-ring (bicyclic) bond motifs is 1. The van der Waals surface area contributed by atoms with Crippen molar-refractivity contribution in [1.82, 2.24) is 19.7 Å². The molecule has 0 atom stereocenters. The van der Waals surface area contributed by atoms with Gasteiger partial charge in [-0.05, 0) is 30.2 Å². The molecular formula is C14H16N6O3S. The maximum Gasteiger partial charge on any atom is 0.357 e. The lowest BCUT2D eigenvalue weighted by Gasteiger charge is -2.11. The Morgan fingerprint density at radius 1 is 1.29 bits per heavy atom. The van der Waals surface area contributed by atoms with E-state index in [2.05, 4.69) is 20.4 Å². The van der Waals surface area contributed by atoms with Gasteiger partial charge < -0.3 is 5.32 Å². The number of nitrogens with zero attached hydrogens (tertiary/aromatic N) is 4.